The third kappa shape index (κ3) is 5.01. The Labute approximate surface area is 143 Å². The summed E-state index contributed by atoms with van der Waals surface area (Å²) in [4.78, 5) is 12.2. The zero-order chi connectivity index (χ0) is 17.4. The maximum atomic E-state index is 12.2. The summed E-state index contributed by atoms with van der Waals surface area (Å²) in [6, 6.07) is 15.3. The standard InChI is InChI=1S/C20H25NO3/c1-4-18(24-17-10-6-5-7-11-17)20(22)21-13-14-23-19-12-8-9-15(2)16(19)3/h5-12,18H,4,13-14H2,1-3H3,(H,21,22)/t18-/m0/s1. The molecule has 0 fully saturated rings. The third-order valence-electron chi connectivity index (χ3n) is 3.90. The predicted molar refractivity (Wildman–Crippen MR) is 95.6 cm³/mol. The molecule has 2 aromatic carbocycles. The number of rotatable bonds is 8. The van der Waals surface area contributed by atoms with Gasteiger partial charge < -0.3 is 14.8 Å². The van der Waals surface area contributed by atoms with Gasteiger partial charge >= 0.3 is 0 Å². The molecule has 0 aliphatic rings. The number of carbonyl (C=O) groups is 1. The highest BCUT2D eigenvalue weighted by Crippen LogP contribution is 2.20. The van der Waals surface area contributed by atoms with Crippen LogP contribution in [0.4, 0.5) is 0 Å². The third-order valence-corrected chi connectivity index (χ3v) is 3.90. The molecule has 2 rings (SSSR count). The van der Waals surface area contributed by atoms with Crippen LogP contribution < -0.4 is 14.8 Å². The van der Waals surface area contributed by atoms with Crippen molar-refractivity contribution in [1.29, 1.82) is 0 Å². The van der Waals surface area contributed by atoms with Gasteiger partial charge in [0.1, 0.15) is 18.1 Å². The number of hydrogen-bond acceptors (Lipinski definition) is 3. The average molecular weight is 327 g/mol. The summed E-state index contributed by atoms with van der Waals surface area (Å²) < 4.78 is 11.5. The number of benzene rings is 2. The molecule has 128 valence electrons. The minimum Gasteiger partial charge on any atom is -0.491 e. The molecule has 1 amide bonds. The molecule has 0 bridgehead atoms. The van der Waals surface area contributed by atoms with Gasteiger partial charge in [-0.3, -0.25) is 4.79 Å². The Morgan fingerprint density at radius 3 is 2.54 bits per heavy atom. The molecule has 0 saturated heterocycles. The lowest BCUT2D eigenvalue weighted by Gasteiger charge is -2.17. The summed E-state index contributed by atoms with van der Waals surface area (Å²) in [5.74, 6) is 1.44. The Kier molecular flexibility index (Phi) is 6.67. The van der Waals surface area contributed by atoms with Gasteiger partial charge in [0.2, 0.25) is 0 Å². The van der Waals surface area contributed by atoms with Crippen LogP contribution in [0.2, 0.25) is 0 Å². The van der Waals surface area contributed by atoms with Crippen LogP contribution in [0, 0.1) is 13.8 Å². The highest BCUT2D eigenvalue weighted by Gasteiger charge is 2.17. The smallest absolute Gasteiger partial charge is 0.261 e. The van der Waals surface area contributed by atoms with E-state index in [1.165, 1.54) is 5.56 Å². The van der Waals surface area contributed by atoms with Gasteiger partial charge in [-0.1, -0.05) is 37.3 Å². The van der Waals surface area contributed by atoms with Crippen LogP contribution in [0.15, 0.2) is 48.5 Å². The molecule has 0 heterocycles. The van der Waals surface area contributed by atoms with Gasteiger partial charge in [0.15, 0.2) is 6.10 Å². The van der Waals surface area contributed by atoms with Gasteiger partial charge in [-0.15, -0.1) is 0 Å². The monoisotopic (exact) mass is 327 g/mol. The fraction of sp³-hybridized carbons (Fsp3) is 0.350. The van der Waals surface area contributed by atoms with Crippen molar-refractivity contribution in [3.8, 4) is 11.5 Å². The normalized spacial score (nSPS) is 11.6. The zero-order valence-electron chi connectivity index (χ0n) is 14.5. The van der Waals surface area contributed by atoms with E-state index in [2.05, 4.69) is 18.3 Å². The Hall–Kier alpha value is -2.49. The van der Waals surface area contributed by atoms with Gasteiger partial charge in [-0.25, -0.2) is 0 Å². The highest BCUT2D eigenvalue weighted by molar-refractivity contribution is 5.81. The fourth-order valence-corrected chi connectivity index (χ4v) is 2.32. The van der Waals surface area contributed by atoms with Crippen LogP contribution in [0.25, 0.3) is 0 Å². The van der Waals surface area contributed by atoms with Crippen LogP contribution in [0.1, 0.15) is 24.5 Å². The Morgan fingerprint density at radius 2 is 1.83 bits per heavy atom. The summed E-state index contributed by atoms with van der Waals surface area (Å²) in [5, 5.41) is 2.87. The van der Waals surface area contributed by atoms with E-state index < -0.39 is 6.10 Å². The van der Waals surface area contributed by atoms with Crippen molar-refractivity contribution in [2.45, 2.75) is 33.3 Å². The van der Waals surface area contributed by atoms with Crippen LogP contribution in [-0.2, 0) is 4.79 Å². The molecule has 0 radical (unpaired) electrons. The van der Waals surface area contributed by atoms with Gasteiger partial charge in [-0.2, -0.15) is 0 Å². The molecule has 0 spiro atoms. The lowest BCUT2D eigenvalue weighted by molar-refractivity contribution is -0.128. The van der Waals surface area contributed by atoms with Crippen LogP contribution >= 0.6 is 0 Å². The molecule has 2 aromatic rings. The summed E-state index contributed by atoms with van der Waals surface area (Å²) >= 11 is 0. The number of amides is 1. The highest BCUT2D eigenvalue weighted by atomic mass is 16.5. The minimum atomic E-state index is -0.492. The number of hydrogen-bond donors (Lipinski definition) is 1. The quantitative estimate of drug-likeness (QED) is 0.753. The van der Waals surface area contributed by atoms with Crippen molar-refractivity contribution in [2.24, 2.45) is 0 Å². The van der Waals surface area contributed by atoms with E-state index in [4.69, 9.17) is 9.47 Å². The summed E-state index contributed by atoms with van der Waals surface area (Å²) in [6.07, 6.45) is 0.117. The van der Waals surface area contributed by atoms with E-state index >= 15 is 0 Å². The van der Waals surface area contributed by atoms with Crippen LogP contribution in [0.5, 0.6) is 11.5 Å². The summed E-state index contributed by atoms with van der Waals surface area (Å²) in [6.45, 7) is 6.89. The van der Waals surface area contributed by atoms with E-state index in [1.807, 2.05) is 56.3 Å². The average Bonchev–Trinajstić information content (AvgIpc) is 2.60. The largest absolute Gasteiger partial charge is 0.491 e. The molecule has 1 N–H and O–H groups in total. The van der Waals surface area contributed by atoms with Crippen LogP contribution in [-0.4, -0.2) is 25.2 Å². The maximum absolute atomic E-state index is 12.2. The van der Waals surface area contributed by atoms with E-state index in [1.54, 1.807) is 0 Å². The van der Waals surface area contributed by atoms with Crippen molar-refractivity contribution in [2.75, 3.05) is 13.2 Å². The lowest BCUT2D eigenvalue weighted by atomic mass is 10.1. The Morgan fingerprint density at radius 1 is 1.08 bits per heavy atom. The van der Waals surface area contributed by atoms with Gasteiger partial charge in [-0.05, 0) is 49.6 Å². The fourth-order valence-electron chi connectivity index (χ4n) is 2.32. The second kappa shape index (κ2) is 8.96. The molecule has 0 unspecified atom stereocenters. The molecule has 0 saturated carbocycles. The van der Waals surface area contributed by atoms with Gasteiger partial charge in [0.05, 0.1) is 6.54 Å². The minimum absolute atomic E-state index is 0.120. The van der Waals surface area contributed by atoms with Crippen molar-refractivity contribution in [3.05, 3.63) is 59.7 Å². The molecule has 4 nitrogen and oxygen atoms in total. The Bertz CT molecular complexity index is 655. The second-order valence-electron chi connectivity index (χ2n) is 5.67. The number of para-hydroxylation sites is 1. The molecule has 4 heteroatoms. The molecular formula is C20H25NO3. The molecule has 24 heavy (non-hydrogen) atoms. The first-order valence-electron chi connectivity index (χ1n) is 8.30. The van der Waals surface area contributed by atoms with Crippen LogP contribution in [0.3, 0.4) is 0 Å². The van der Waals surface area contributed by atoms with Gasteiger partial charge in [0.25, 0.3) is 5.91 Å². The first kappa shape index (κ1) is 17.9. The van der Waals surface area contributed by atoms with E-state index in [0.717, 1.165) is 11.3 Å². The van der Waals surface area contributed by atoms with E-state index in [0.29, 0.717) is 25.3 Å². The van der Waals surface area contributed by atoms with Crippen molar-refractivity contribution in [3.63, 3.8) is 0 Å². The molecular weight excluding hydrogens is 302 g/mol. The topological polar surface area (TPSA) is 47.6 Å². The SMILES string of the molecule is CC[C@H](Oc1ccccc1)C(=O)NCCOc1cccc(C)c1C. The number of carbonyl (C=O) groups excluding carboxylic acids is 1. The number of nitrogens with one attached hydrogen (secondary N) is 1. The molecule has 0 aliphatic heterocycles. The van der Waals surface area contributed by atoms with Crippen molar-refractivity contribution < 1.29 is 14.3 Å². The molecule has 0 aliphatic carbocycles. The first-order valence-corrected chi connectivity index (χ1v) is 8.30. The predicted octanol–water partition coefficient (Wildman–Crippen LogP) is 3.66. The summed E-state index contributed by atoms with van der Waals surface area (Å²) in [7, 11) is 0. The molecule has 1 atom stereocenters. The van der Waals surface area contributed by atoms with Crippen molar-refractivity contribution >= 4 is 5.91 Å². The maximum Gasteiger partial charge on any atom is 0.261 e. The number of aryl methyl sites for hydroxylation is 1. The summed E-state index contributed by atoms with van der Waals surface area (Å²) in [5.41, 5.74) is 2.32. The molecule has 0 aromatic heterocycles. The second-order valence-corrected chi connectivity index (χ2v) is 5.67. The zero-order valence-corrected chi connectivity index (χ0v) is 14.5. The van der Waals surface area contributed by atoms with E-state index in [-0.39, 0.29) is 5.91 Å². The number of ether oxygens (including phenoxy) is 2. The van der Waals surface area contributed by atoms with Crippen molar-refractivity contribution in [1.82, 2.24) is 5.32 Å². The Balaban J connectivity index is 1.78. The van der Waals surface area contributed by atoms with Gasteiger partial charge in [0, 0.05) is 0 Å². The first-order chi connectivity index (χ1) is 11.6. The lowest BCUT2D eigenvalue weighted by Crippen LogP contribution is -2.39. The van der Waals surface area contributed by atoms with E-state index in [9.17, 15) is 4.79 Å².